The Morgan fingerprint density at radius 2 is 1.94 bits per heavy atom. The minimum atomic E-state index is -0.0656. The fraction of sp³-hybridized carbons (Fsp3) is 0.133. The number of methoxy groups -OCH3 is 1. The van der Waals surface area contributed by atoms with Crippen molar-refractivity contribution in [3.05, 3.63) is 66.0 Å². The fourth-order valence-corrected chi connectivity index (χ4v) is 2.26. The van der Waals surface area contributed by atoms with Gasteiger partial charge in [-0.1, -0.05) is 30.3 Å². The number of H-pyrrole nitrogens is 1. The molecule has 3 heteroatoms. The van der Waals surface area contributed by atoms with Gasteiger partial charge in [-0.2, -0.15) is 0 Å². The molecule has 1 atom stereocenters. The van der Waals surface area contributed by atoms with Crippen LogP contribution in [0.1, 0.15) is 17.2 Å². The largest absolute Gasteiger partial charge is 0.372 e. The van der Waals surface area contributed by atoms with Gasteiger partial charge in [-0.05, 0) is 17.7 Å². The first-order valence-corrected chi connectivity index (χ1v) is 5.90. The van der Waals surface area contributed by atoms with E-state index >= 15 is 0 Å². The number of fused-ring (bicyclic) bond motifs is 1. The molecule has 0 fully saturated rings. The quantitative estimate of drug-likeness (QED) is 0.760. The molecular formula is C15H14N2O. The molecule has 2 aromatic heterocycles. The zero-order valence-electron chi connectivity index (χ0n) is 10.1. The second kappa shape index (κ2) is 4.63. The highest BCUT2D eigenvalue weighted by molar-refractivity contribution is 5.80. The number of pyridine rings is 1. The summed E-state index contributed by atoms with van der Waals surface area (Å²) >= 11 is 0. The Morgan fingerprint density at radius 1 is 1.11 bits per heavy atom. The highest BCUT2D eigenvalue weighted by Gasteiger charge is 2.17. The molecule has 18 heavy (non-hydrogen) atoms. The molecule has 0 aliphatic rings. The summed E-state index contributed by atoms with van der Waals surface area (Å²) in [5.41, 5.74) is 3.15. The van der Waals surface area contributed by atoms with E-state index in [1.165, 1.54) is 0 Å². The Balaban J connectivity index is 2.12. The average Bonchev–Trinajstić information content (AvgIpc) is 2.85. The zero-order valence-corrected chi connectivity index (χ0v) is 10.1. The Hall–Kier alpha value is -2.13. The van der Waals surface area contributed by atoms with Crippen molar-refractivity contribution >= 4 is 11.0 Å². The number of hydrogen-bond donors (Lipinski definition) is 1. The smallest absolute Gasteiger partial charge is 0.137 e. The van der Waals surface area contributed by atoms with Gasteiger partial charge in [-0.15, -0.1) is 0 Å². The fourth-order valence-electron chi connectivity index (χ4n) is 2.26. The number of nitrogens with one attached hydrogen (secondary N) is 1. The number of aromatic nitrogens is 2. The summed E-state index contributed by atoms with van der Waals surface area (Å²) in [6.45, 7) is 0. The molecule has 0 amide bonds. The molecule has 90 valence electrons. The Labute approximate surface area is 105 Å². The molecule has 3 aromatic rings. The van der Waals surface area contributed by atoms with Crippen molar-refractivity contribution in [3.8, 4) is 0 Å². The third-order valence-electron chi connectivity index (χ3n) is 3.10. The van der Waals surface area contributed by atoms with E-state index in [9.17, 15) is 0 Å². The van der Waals surface area contributed by atoms with Crippen molar-refractivity contribution < 1.29 is 4.74 Å². The van der Waals surface area contributed by atoms with E-state index in [2.05, 4.69) is 28.2 Å². The van der Waals surface area contributed by atoms with Crippen LogP contribution in [0, 0.1) is 0 Å². The summed E-state index contributed by atoms with van der Waals surface area (Å²) in [7, 11) is 1.73. The molecule has 1 unspecified atom stereocenters. The molecule has 2 heterocycles. The second-order valence-corrected chi connectivity index (χ2v) is 4.17. The lowest BCUT2D eigenvalue weighted by Crippen LogP contribution is -2.02. The van der Waals surface area contributed by atoms with Crippen LogP contribution < -0.4 is 0 Å². The van der Waals surface area contributed by atoms with Gasteiger partial charge in [0.05, 0.1) is 0 Å². The number of hydrogen-bond acceptors (Lipinski definition) is 2. The van der Waals surface area contributed by atoms with Gasteiger partial charge in [-0.3, -0.25) is 0 Å². The lowest BCUT2D eigenvalue weighted by atomic mass is 10.0. The van der Waals surface area contributed by atoms with E-state index in [-0.39, 0.29) is 6.10 Å². The molecule has 1 N–H and O–H groups in total. The van der Waals surface area contributed by atoms with Crippen molar-refractivity contribution in [3.63, 3.8) is 0 Å². The molecule has 0 radical (unpaired) electrons. The molecule has 0 saturated heterocycles. The van der Waals surface area contributed by atoms with Crippen LogP contribution >= 0.6 is 0 Å². The van der Waals surface area contributed by atoms with Crippen molar-refractivity contribution in [2.75, 3.05) is 7.11 Å². The van der Waals surface area contributed by atoms with Crippen molar-refractivity contribution in [1.82, 2.24) is 9.97 Å². The van der Waals surface area contributed by atoms with Gasteiger partial charge in [0.15, 0.2) is 0 Å². The van der Waals surface area contributed by atoms with Crippen molar-refractivity contribution in [1.29, 1.82) is 0 Å². The van der Waals surface area contributed by atoms with E-state index in [1.807, 2.05) is 30.5 Å². The molecule has 3 nitrogen and oxygen atoms in total. The van der Waals surface area contributed by atoms with Crippen LogP contribution in [0.25, 0.3) is 11.0 Å². The van der Waals surface area contributed by atoms with Crippen LogP contribution in [-0.4, -0.2) is 17.1 Å². The van der Waals surface area contributed by atoms with E-state index < -0.39 is 0 Å². The highest BCUT2D eigenvalue weighted by atomic mass is 16.5. The average molecular weight is 238 g/mol. The minimum Gasteiger partial charge on any atom is -0.372 e. The second-order valence-electron chi connectivity index (χ2n) is 4.17. The number of nitrogens with zero attached hydrogens (tertiary/aromatic N) is 1. The number of aromatic amines is 1. The topological polar surface area (TPSA) is 37.9 Å². The summed E-state index contributed by atoms with van der Waals surface area (Å²) in [6.07, 6.45) is 3.69. The molecule has 0 aliphatic heterocycles. The summed E-state index contributed by atoms with van der Waals surface area (Å²) in [4.78, 5) is 7.48. The Kier molecular flexibility index (Phi) is 2.82. The molecule has 0 bridgehead atoms. The van der Waals surface area contributed by atoms with Crippen LogP contribution in [0.15, 0.2) is 54.9 Å². The maximum atomic E-state index is 5.64. The molecule has 3 rings (SSSR count). The summed E-state index contributed by atoms with van der Waals surface area (Å²) in [5.74, 6) is 0. The predicted octanol–water partition coefficient (Wildman–Crippen LogP) is 3.30. The van der Waals surface area contributed by atoms with Gasteiger partial charge < -0.3 is 9.72 Å². The lowest BCUT2D eigenvalue weighted by molar-refractivity contribution is 0.137. The first-order chi connectivity index (χ1) is 8.90. The Morgan fingerprint density at radius 3 is 2.72 bits per heavy atom. The number of benzene rings is 1. The van der Waals surface area contributed by atoms with Crippen molar-refractivity contribution in [2.45, 2.75) is 6.10 Å². The first kappa shape index (κ1) is 11.0. The molecular weight excluding hydrogens is 224 g/mol. The molecule has 0 spiro atoms. The number of rotatable bonds is 3. The summed E-state index contributed by atoms with van der Waals surface area (Å²) in [6, 6.07) is 14.2. The molecule has 1 aromatic carbocycles. The van der Waals surface area contributed by atoms with Crippen molar-refractivity contribution in [2.24, 2.45) is 0 Å². The monoisotopic (exact) mass is 238 g/mol. The van der Waals surface area contributed by atoms with E-state index in [0.29, 0.717) is 0 Å². The standard InChI is InChI=1S/C15H14N2O/c1-18-14(11-6-3-2-4-7-11)13-10-17-15-12(13)8-5-9-16-15/h2-10,14H,1H3,(H,16,17). The summed E-state index contributed by atoms with van der Waals surface area (Å²) in [5, 5.41) is 1.10. The highest BCUT2D eigenvalue weighted by Crippen LogP contribution is 2.30. The maximum Gasteiger partial charge on any atom is 0.137 e. The van der Waals surface area contributed by atoms with Gasteiger partial charge >= 0.3 is 0 Å². The Bertz CT molecular complexity index is 646. The zero-order chi connectivity index (χ0) is 12.4. The van der Waals surface area contributed by atoms with Gasteiger partial charge in [0.1, 0.15) is 11.8 Å². The normalized spacial score (nSPS) is 12.7. The minimum absolute atomic E-state index is 0.0656. The lowest BCUT2D eigenvalue weighted by Gasteiger charge is -2.15. The SMILES string of the molecule is COC(c1ccccc1)c1c[nH]c2ncccc12. The molecule has 0 saturated carbocycles. The number of ether oxygens (including phenoxy) is 1. The molecule has 0 aliphatic carbocycles. The van der Waals surface area contributed by atoms with Gasteiger partial charge in [0.25, 0.3) is 0 Å². The van der Waals surface area contributed by atoms with Crippen LogP contribution in [0.4, 0.5) is 0 Å². The van der Waals surface area contributed by atoms with E-state index in [0.717, 1.165) is 22.2 Å². The van der Waals surface area contributed by atoms with E-state index in [1.54, 1.807) is 13.3 Å². The van der Waals surface area contributed by atoms with Crippen LogP contribution in [0.3, 0.4) is 0 Å². The van der Waals surface area contributed by atoms with Crippen LogP contribution in [-0.2, 0) is 4.74 Å². The van der Waals surface area contributed by atoms with Gasteiger partial charge in [0.2, 0.25) is 0 Å². The van der Waals surface area contributed by atoms with Crippen LogP contribution in [0.5, 0.6) is 0 Å². The third-order valence-corrected chi connectivity index (χ3v) is 3.10. The van der Waals surface area contributed by atoms with Crippen LogP contribution in [0.2, 0.25) is 0 Å². The van der Waals surface area contributed by atoms with Gasteiger partial charge in [0, 0.05) is 30.5 Å². The first-order valence-electron chi connectivity index (χ1n) is 5.90. The predicted molar refractivity (Wildman–Crippen MR) is 71.4 cm³/mol. The van der Waals surface area contributed by atoms with Gasteiger partial charge in [-0.25, -0.2) is 4.98 Å². The summed E-state index contributed by atoms with van der Waals surface area (Å²) < 4.78 is 5.64. The third kappa shape index (κ3) is 1.79. The maximum absolute atomic E-state index is 5.64. The van der Waals surface area contributed by atoms with E-state index in [4.69, 9.17) is 4.74 Å².